The van der Waals surface area contributed by atoms with Crippen LogP contribution in [0.1, 0.15) is 35.0 Å². The molecule has 1 aliphatic rings. The first-order chi connectivity index (χ1) is 10.7. The summed E-state index contributed by atoms with van der Waals surface area (Å²) in [7, 11) is 0. The van der Waals surface area contributed by atoms with E-state index in [2.05, 4.69) is 11.4 Å². The first-order valence-electron chi connectivity index (χ1n) is 7.43. The smallest absolute Gasteiger partial charge is 0.287 e. The number of nitrogens with zero attached hydrogens (tertiary/aromatic N) is 1. The second-order valence-corrected chi connectivity index (χ2v) is 5.27. The number of amides is 2. The van der Waals surface area contributed by atoms with Crippen LogP contribution in [0.3, 0.4) is 0 Å². The second-order valence-electron chi connectivity index (χ2n) is 5.27. The Balaban J connectivity index is 1.67. The van der Waals surface area contributed by atoms with Gasteiger partial charge in [0.25, 0.3) is 5.91 Å². The van der Waals surface area contributed by atoms with Crippen LogP contribution in [0.25, 0.3) is 0 Å². The van der Waals surface area contributed by atoms with Gasteiger partial charge in [-0.05, 0) is 35.7 Å². The third-order valence-electron chi connectivity index (χ3n) is 3.84. The van der Waals surface area contributed by atoms with Gasteiger partial charge in [0, 0.05) is 25.2 Å². The highest BCUT2D eigenvalue weighted by Gasteiger charge is 2.23. The summed E-state index contributed by atoms with van der Waals surface area (Å²) in [6.07, 6.45) is 2.85. The van der Waals surface area contributed by atoms with Gasteiger partial charge in [-0.3, -0.25) is 9.59 Å². The van der Waals surface area contributed by atoms with Crippen LogP contribution in [0, 0.1) is 0 Å². The van der Waals surface area contributed by atoms with Crippen molar-refractivity contribution in [2.45, 2.75) is 26.3 Å². The Morgan fingerprint density at radius 3 is 2.91 bits per heavy atom. The van der Waals surface area contributed by atoms with E-state index in [0.717, 1.165) is 29.8 Å². The molecule has 22 heavy (non-hydrogen) atoms. The fourth-order valence-corrected chi connectivity index (χ4v) is 2.69. The highest BCUT2D eigenvalue weighted by molar-refractivity contribution is 5.95. The van der Waals surface area contributed by atoms with Crippen molar-refractivity contribution < 1.29 is 14.0 Å². The zero-order valence-corrected chi connectivity index (χ0v) is 12.5. The number of carbonyl (C=O) groups is 2. The Morgan fingerprint density at radius 2 is 2.18 bits per heavy atom. The monoisotopic (exact) mass is 298 g/mol. The molecule has 1 aromatic heterocycles. The van der Waals surface area contributed by atoms with Crippen molar-refractivity contribution in [1.29, 1.82) is 0 Å². The lowest BCUT2D eigenvalue weighted by Gasteiger charge is -2.16. The summed E-state index contributed by atoms with van der Waals surface area (Å²) in [6.45, 7) is 3.05. The molecule has 0 saturated carbocycles. The van der Waals surface area contributed by atoms with E-state index in [-0.39, 0.29) is 11.8 Å². The van der Waals surface area contributed by atoms with Crippen molar-refractivity contribution in [3.63, 3.8) is 0 Å². The van der Waals surface area contributed by atoms with Gasteiger partial charge in [-0.1, -0.05) is 19.1 Å². The predicted octanol–water partition coefficient (Wildman–Crippen LogP) is 2.51. The van der Waals surface area contributed by atoms with E-state index < -0.39 is 0 Å². The Bertz CT molecular complexity index is 692. The maximum atomic E-state index is 11.9. The lowest BCUT2D eigenvalue weighted by molar-refractivity contribution is -0.118. The normalized spacial score (nSPS) is 13.0. The molecule has 2 amide bonds. The summed E-state index contributed by atoms with van der Waals surface area (Å²) in [4.78, 5) is 25.5. The summed E-state index contributed by atoms with van der Waals surface area (Å²) >= 11 is 0. The van der Waals surface area contributed by atoms with Gasteiger partial charge < -0.3 is 14.6 Å². The summed E-state index contributed by atoms with van der Waals surface area (Å²) in [5.41, 5.74) is 3.17. The van der Waals surface area contributed by atoms with Crippen molar-refractivity contribution in [2.75, 3.05) is 11.4 Å². The van der Waals surface area contributed by atoms with Gasteiger partial charge in [0.05, 0.1) is 6.26 Å². The van der Waals surface area contributed by atoms with Crippen molar-refractivity contribution in [3.05, 3.63) is 53.5 Å². The molecule has 0 fully saturated rings. The molecule has 0 atom stereocenters. The fraction of sp³-hybridized carbons (Fsp3) is 0.294. The molecular formula is C17H18N2O3. The summed E-state index contributed by atoms with van der Waals surface area (Å²) in [5.74, 6) is 0.229. The number of furan rings is 1. The molecule has 0 saturated heterocycles. The average Bonchev–Trinajstić information content (AvgIpc) is 3.20. The molecule has 0 radical (unpaired) electrons. The Morgan fingerprint density at radius 1 is 1.32 bits per heavy atom. The number of anilines is 1. The van der Waals surface area contributed by atoms with Crippen LogP contribution in [0.2, 0.25) is 0 Å². The van der Waals surface area contributed by atoms with Gasteiger partial charge in [-0.25, -0.2) is 0 Å². The third kappa shape index (κ3) is 2.74. The molecule has 1 N–H and O–H groups in total. The van der Waals surface area contributed by atoms with E-state index in [4.69, 9.17) is 4.42 Å². The largest absolute Gasteiger partial charge is 0.459 e. The van der Waals surface area contributed by atoms with Crippen LogP contribution in [0.4, 0.5) is 5.69 Å². The summed E-state index contributed by atoms with van der Waals surface area (Å²) in [6, 6.07) is 9.28. The molecule has 5 nitrogen and oxygen atoms in total. The third-order valence-corrected chi connectivity index (χ3v) is 3.84. The molecular weight excluding hydrogens is 280 g/mol. The Kier molecular flexibility index (Phi) is 3.96. The van der Waals surface area contributed by atoms with Crippen LogP contribution >= 0.6 is 0 Å². The number of nitrogens with one attached hydrogen (secondary N) is 1. The second kappa shape index (κ2) is 6.05. The van der Waals surface area contributed by atoms with Crippen LogP contribution < -0.4 is 10.2 Å². The zero-order chi connectivity index (χ0) is 15.5. The van der Waals surface area contributed by atoms with E-state index in [0.29, 0.717) is 18.7 Å². The minimum atomic E-state index is -0.228. The maximum absolute atomic E-state index is 11.9. The number of rotatable bonds is 4. The fourth-order valence-electron chi connectivity index (χ4n) is 2.69. The molecule has 5 heteroatoms. The maximum Gasteiger partial charge on any atom is 0.287 e. The van der Waals surface area contributed by atoms with Crippen molar-refractivity contribution in [3.8, 4) is 0 Å². The van der Waals surface area contributed by atoms with Gasteiger partial charge in [0.2, 0.25) is 5.91 Å². The molecule has 0 unspecified atom stereocenters. The molecule has 0 spiro atoms. The van der Waals surface area contributed by atoms with Gasteiger partial charge in [-0.2, -0.15) is 0 Å². The van der Waals surface area contributed by atoms with E-state index in [9.17, 15) is 9.59 Å². The molecule has 1 aliphatic heterocycles. The minimum absolute atomic E-state index is 0.151. The molecule has 0 bridgehead atoms. The number of carbonyl (C=O) groups excluding carboxylic acids is 2. The quantitative estimate of drug-likeness (QED) is 0.943. The van der Waals surface area contributed by atoms with Crippen LogP contribution in [-0.2, 0) is 17.8 Å². The molecule has 2 aromatic rings. The highest BCUT2D eigenvalue weighted by atomic mass is 16.3. The Labute approximate surface area is 128 Å². The Hall–Kier alpha value is -2.56. The summed E-state index contributed by atoms with van der Waals surface area (Å²) < 4.78 is 5.05. The lowest BCUT2D eigenvalue weighted by Crippen LogP contribution is -2.27. The van der Waals surface area contributed by atoms with Gasteiger partial charge in [-0.15, -0.1) is 0 Å². The minimum Gasteiger partial charge on any atom is -0.459 e. The topological polar surface area (TPSA) is 62.6 Å². The van der Waals surface area contributed by atoms with Gasteiger partial charge in [0.15, 0.2) is 5.76 Å². The van der Waals surface area contributed by atoms with E-state index in [1.165, 1.54) is 6.26 Å². The van der Waals surface area contributed by atoms with E-state index >= 15 is 0 Å². The number of benzene rings is 1. The molecule has 2 heterocycles. The highest BCUT2D eigenvalue weighted by Crippen LogP contribution is 2.29. The van der Waals surface area contributed by atoms with Crippen LogP contribution in [0.15, 0.2) is 41.0 Å². The molecule has 3 rings (SSSR count). The average molecular weight is 298 g/mol. The number of hydrogen-bond donors (Lipinski definition) is 1. The predicted molar refractivity (Wildman–Crippen MR) is 82.7 cm³/mol. The van der Waals surface area contributed by atoms with Gasteiger partial charge in [0.1, 0.15) is 0 Å². The van der Waals surface area contributed by atoms with Crippen LogP contribution in [0.5, 0.6) is 0 Å². The van der Waals surface area contributed by atoms with Crippen molar-refractivity contribution >= 4 is 17.5 Å². The first kappa shape index (κ1) is 14.4. The summed E-state index contributed by atoms with van der Waals surface area (Å²) in [5, 5.41) is 2.82. The van der Waals surface area contributed by atoms with Crippen molar-refractivity contribution in [2.24, 2.45) is 0 Å². The SMILES string of the molecule is CCC(=O)N1CCc2cc(CNC(=O)c3ccco3)ccc21. The van der Waals surface area contributed by atoms with Gasteiger partial charge >= 0.3 is 0 Å². The van der Waals surface area contributed by atoms with Crippen molar-refractivity contribution in [1.82, 2.24) is 5.32 Å². The van der Waals surface area contributed by atoms with Crippen LogP contribution in [-0.4, -0.2) is 18.4 Å². The molecule has 0 aliphatic carbocycles. The molecule has 114 valence electrons. The molecule has 1 aromatic carbocycles. The van der Waals surface area contributed by atoms with E-state index in [1.807, 2.05) is 24.0 Å². The first-order valence-corrected chi connectivity index (χ1v) is 7.43. The number of hydrogen-bond acceptors (Lipinski definition) is 3. The zero-order valence-electron chi connectivity index (χ0n) is 12.5. The van der Waals surface area contributed by atoms with E-state index in [1.54, 1.807) is 12.1 Å². The number of fused-ring (bicyclic) bond motifs is 1. The lowest BCUT2D eigenvalue weighted by atomic mass is 10.1. The standard InChI is InChI=1S/C17H18N2O3/c1-2-16(20)19-8-7-13-10-12(5-6-14(13)19)11-18-17(21)15-4-3-9-22-15/h3-6,9-10H,2,7-8,11H2,1H3,(H,18,21).